The molecule has 0 spiro atoms. The molecular formula is C9H5ClO4. The first-order valence-electron chi connectivity index (χ1n) is 3.60. The lowest BCUT2D eigenvalue weighted by Crippen LogP contribution is -2.23. The topological polar surface area (TPSA) is 71.4 Å². The summed E-state index contributed by atoms with van der Waals surface area (Å²) in [5.74, 6) is -4.38. The number of rotatable bonds is 3. The third kappa shape index (κ3) is 1.97. The summed E-state index contributed by atoms with van der Waals surface area (Å²) in [7, 11) is 0. The van der Waals surface area contributed by atoms with Gasteiger partial charge in [0.1, 0.15) is 0 Å². The maximum atomic E-state index is 11.2. The second-order valence-electron chi connectivity index (χ2n) is 2.44. The fourth-order valence-electron chi connectivity index (χ4n) is 0.865. The Hall–Kier alpha value is -1.68. The Kier molecular flexibility index (Phi) is 2.99. The maximum Gasteiger partial charge on any atom is 0.380 e. The molecular weight excluding hydrogens is 208 g/mol. The lowest BCUT2D eigenvalue weighted by atomic mass is 10.1. The smallest absolute Gasteiger partial charge is 0.380 e. The minimum atomic E-state index is -1.78. The summed E-state index contributed by atoms with van der Waals surface area (Å²) >= 11 is 5.60. The SMILES string of the molecule is O=C(O)C(=O)C(=O)c1ccccc1Cl. The third-order valence-corrected chi connectivity index (χ3v) is 1.85. The van der Waals surface area contributed by atoms with E-state index in [2.05, 4.69) is 0 Å². The lowest BCUT2D eigenvalue weighted by molar-refractivity contribution is -0.146. The van der Waals surface area contributed by atoms with Gasteiger partial charge in [0, 0.05) is 5.56 Å². The quantitative estimate of drug-likeness (QED) is 0.464. The fraction of sp³-hybridized carbons (Fsp3) is 0. The van der Waals surface area contributed by atoms with Gasteiger partial charge in [-0.1, -0.05) is 23.7 Å². The van der Waals surface area contributed by atoms with Gasteiger partial charge < -0.3 is 5.11 Å². The molecule has 1 aromatic carbocycles. The van der Waals surface area contributed by atoms with E-state index in [0.717, 1.165) is 0 Å². The van der Waals surface area contributed by atoms with Gasteiger partial charge in [0.2, 0.25) is 5.78 Å². The molecule has 0 bridgehead atoms. The van der Waals surface area contributed by atoms with Crippen molar-refractivity contribution < 1.29 is 19.5 Å². The van der Waals surface area contributed by atoms with Crippen LogP contribution in [0.2, 0.25) is 5.02 Å². The predicted molar refractivity (Wildman–Crippen MR) is 48.4 cm³/mol. The zero-order valence-electron chi connectivity index (χ0n) is 6.86. The second-order valence-corrected chi connectivity index (χ2v) is 2.85. The van der Waals surface area contributed by atoms with Crippen LogP contribution in [0.25, 0.3) is 0 Å². The largest absolute Gasteiger partial charge is 0.475 e. The van der Waals surface area contributed by atoms with Crippen molar-refractivity contribution in [3.63, 3.8) is 0 Å². The molecule has 0 saturated heterocycles. The van der Waals surface area contributed by atoms with Crippen molar-refractivity contribution in [3.8, 4) is 0 Å². The second kappa shape index (κ2) is 4.02. The zero-order valence-corrected chi connectivity index (χ0v) is 7.62. The first-order valence-corrected chi connectivity index (χ1v) is 3.98. The van der Waals surface area contributed by atoms with Gasteiger partial charge in [-0.25, -0.2) is 4.79 Å². The molecule has 0 atom stereocenters. The summed E-state index contributed by atoms with van der Waals surface area (Å²) in [6.07, 6.45) is 0. The molecule has 72 valence electrons. The molecule has 4 nitrogen and oxygen atoms in total. The molecule has 0 amide bonds. The van der Waals surface area contributed by atoms with Crippen LogP contribution in [0.1, 0.15) is 10.4 Å². The van der Waals surface area contributed by atoms with Crippen molar-refractivity contribution in [2.45, 2.75) is 0 Å². The van der Waals surface area contributed by atoms with Gasteiger partial charge in [-0.3, -0.25) is 9.59 Å². The van der Waals surface area contributed by atoms with Gasteiger partial charge in [0.25, 0.3) is 0 Å². The minimum absolute atomic E-state index is 0.0621. The molecule has 14 heavy (non-hydrogen) atoms. The van der Waals surface area contributed by atoms with E-state index in [4.69, 9.17) is 16.7 Å². The van der Waals surface area contributed by atoms with Crippen molar-refractivity contribution >= 4 is 29.1 Å². The number of ketones is 2. The van der Waals surface area contributed by atoms with Gasteiger partial charge >= 0.3 is 11.8 Å². The van der Waals surface area contributed by atoms with E-state index in [1.54, 1.807) is 6.07 Å². The van der Waals surface area contributed by atoms with Crippen LogP contribution in [0.15, 0.2) is 24.3 Å². The van der Waals surface area contributed by atoms with Crippen LogP contribution in [0.3, 0.4) is 0 Å². The number of Topliss-reactive ketones (excluding diaryl/α,β-unsaturated/α-hetero) is 2. The lowest BCUT2D eigenvalue weighted by Gasteiger charge is -1.98. The van der Waals surface area contributed by atoms with Crippen LogP contribution in [0.5, 0.6) is 0 Å². The molecule has 0 heterocycles. The number of carboxylic acid groups (broad SMARTS) is 1. The number of aliphatic carboxylic acids is 1. The van der Waals surface area contributed by atoms with E-state index >= 15 is 0 Å². The van der Waals surface area contributed by atoms with Crippen LogP contribution in [-0.4, -0.2) is 22.6 Å². The standard InChI is InChI=1S/C9H5ClO4/c10-6-4-2-1-3-5(6)7(11)8(12)9(13)14/h1-4H,(H,13,14). The Morgan fingerprint density at radius 2 is 1.71 bits per heavy atom. The highest BCUT2D eigenvalue weighted by molar-refractivity contribution is 6.66. The monoisotopic (exact) mass is 212 g/mol. The summed E-state index contributed by atoms with van der Waals surface area (Å²) in [6.45, 7) is 0. The van der Waals surface area contributed by atoms with E-state index in [0.29, 0.717) is 0 Å². The molecule has 1 aromatic rings. The minimum Gasteiger partial charge on any atom is -0.475 e. The summed E-state index contributed by atoms with van der Waals surface area (Å²) in [4.78, 5) is 32.2. The van der Waals surface area contributed by atoms with Crippen LogP contribution in [0, 0.1) is 0 Å². The number of carbonyl (C=O) groups is 3. The fourth-order valence-corrected chi connectivity index (χ4v) is 1.09. The van der Waals surface area contributed by atoms with E-state index in [9.17, 15) is 14.4 Å². The van der Waals surface area contributed by atoms with Crippen molar-refractivity contribution in [1.29, 1.82) is 0 Å². The molecule has 1 rings (SSSR count). The maximum absolute atomic E-state index is 11.2. The Morgan fingerprint density at radius 1 is 1.14 bits per heavy atom. The Bertz CT molecular complexity index is 411. The van der Waals surface area contributed by atoms with Crippen molar-refractivity contribution in [2.75, 3.05) is 0 Å². The van der Waals surface area contributed by atoms with Gasteiger partial charge in [0.15, 0.2) is 0 Å². The highest BCUT2D eigenvalue weighted by atomic mass is 35.5. The van der Waals surface area contributed by atoms with Crippen LogP contribution >= 0.6 is 11.6 Å². The normalized spacial score (nSPS) is 9.50. The first kappa shape index (κ1) is 10.4. The molecule has 0 aliphatic carbocycles. The predicted octanol–water partition coefficient (Wildman–Crippen LogP) is 1.18. The summed E-state index contributed by atoms with van der Waals surface area (Å²) < 4.78 is 0. The number of carboxylic acids is 1. The molecule has 0 radical (unpaired) electrons. The number of halogens is 1. The molecule has 0 fully saturated rings. The van der Waals surface area contributed by atoms with Crippen LogP contribution < -0.4 is 0 Å². The zero-order chi connectivity index (χ0) is 10.7. The molecule has 1 N–H and O–H groups in total. The van der Waals surface area contributed by atoms with Crippen molar-refractivity contribution in [1.82, 2.24) is 0 Å². The van der Waals surface area contributed by atoms with Gasteiger partial charge in [-0.05, 0) is 12.1 Å². The summed E-state index contributed by atoms with van der Waals surface area (Å²) in [5.41, 5.74) is -0.0958. The third-order valence-electron chi connectivity index (χ3n) is 1.52. The van der Waals surface area contributed by atoms with E-state index in [-0.39, 0.29) is 10.6 Å². The number of hydrogen-bond donors (Lipinski definition) is 1. The average Bonchev–Trinajstić information content (AvgIpc) is 2.16. The van der Waals surface area contributed by atoms with E-state index in [1.807, 2.05) is 0 Å². The molecule has 0 unspecified atom stereocenters. The van der Waals surface area contributed by atoms with Gasteiger partial charge in [-0.2, -0.15) is 0 Å². The van der Waals surface area contributed by atoms with Crippen LogP contribution in [0.4, 0.5) is 0 Å². The van der Waals surface area contributed by atoms with Crippen LogP contribution in [-0.2, 0) is 9.59 Å². The Morgan fingerprint density at radius 3 is 2.21 bits per heavy atom. The Balaban J connectivity index is 3.08. The molecule has 0 saturated carbocycles. The molecule has 0 aromatic heterocycles. The highest BCUT2D eigenvalue weighted by Crippen LogP contribution is 2.15. The van der Waals surface area contributed by atoms with Crippen molar-refractivity contribution in [3.05, 3.63) is 34.9 Å². The first-order chi connectivity index (χ1) is 6.54. The highest BCUT2D eigenvalue weighted by Gasteiger charge is 2.24. The van der Waals surface area contributed by atoms with Gasteiger partial charge in [-0.15, -0.1) is 0 Å². The number of benzene rings is 1. The number of carbonyl (C=O) groups excluding carboxylic acids is 2. The number of hydrogen-bond acceptors (Lipinski definition) is 3. The molecule has 5 heteroatoms. The molecule has 0 aliphatic heterocycles. The summed E-state index contributed by atoms with van der Waals surface area (Å²) in [6, 6.07) is 5.77. The average molecular weight is 213 g/mol. The van der Waals surface area contributed by atoms with E-state index in [1.165, 1.54) is 18.2 Å². The van der Waals surface area contributed by atoms with E-state index < -0.39 is 17.5 Å². The Labute approximate surface area is 84.1 Å². The van der Waals surface area contributed by atoms with Gasteiger partial charge in [0.05, 0.1) is 5.02 Å². The molecule has 0 aliphatic rings. The summed E-state index contributed by atoms with van der Waals surface area (Å²) in [5, 5.41) is 8.35. The van der Waals surface area contributed by atoms with Crippen molar-refractivity contribution in [2.24, 2.45) is 0 Å².